The number of fused-ring (bicyclic) bond motifs is 2. The Morgan fingerprint density at radius 2 is 1.66 bits per heavy atom. The Labute approximate surface area is 421 Å². The summed E-state index contributed by atoms with van der Waals surface area (Å²) in [4.78, 5) is 77.4. The van der Waals surface area contributed by atoms with Gasteiger partial charge in [-0.1, -0.05) is 64.1 Å². The van der Waals surface area contributed by atoms with Gasteiger partial charge in [0.2, 0.25) is 11.5 Å². The van der Waals surface area contributed by atoms with Crippen molar-refractivity contribution in [3.05, 3.63) is 88.0 Å². The maximum absolute atomic E-state index is 16.3. The molecule has 3 saturated carbocycles. The molecule has 3 aliphatic carbocycles. The number of rotatable bonds is 11. The molecular weight excluding hydrogens is 922 g/mol. The number of nitrogens with zero attached hydrogens (tertiary/aromatic N) is 3. The van der Waals surface area contributed by atoms with Crippen molar-refractivity contribution in [2.75, 3.05) is 30.8 Å². The molecule has 1 N–H and O–H groups in total. The Bertz CT molecular complexity index is 2660. The number of hydrogen-bond donors (Lipinski definition) is 1. The molecular formula is C57H72FN3O9S. The average Bonchev–Trinajstić information content (AvgIpc) is 3.79. The standard InChI is InChI=1S/C57H72FN3O9S/c1-8-55(5)29-45(68-46(64)31-71-39-26-36-15-16-37(27-39)59(36)7)56(6)32(2)18-22-57(23-19-44(63)51(56)57)34(4)52(55)70-54(67)50(35-12-10-9-11-13-35)69-53(66)42-30-61-33(3)14-17-40-47(61)41(49(42)65)28-43(58)48(40)60-24-20-38(62)21-25-60/h8-13,28,30,32-34,36-39,45,50-52,62H,1,14-27,29,31H2,2-7H3/t32?,33?,34-,36?,37?,39?,45+,50?,51?,52+,55+,56-,57?/m1/s1. The normalized spacial score (nSPS) is 35.3. The molecule has 5 heterocycles. The zero-order chi connectivity index (χ0) is 50.3. The van der Waals surface area contributed by atoms with E-state index in [-0.39, 0.29) is 52.8 Å². The summed E-state index contributed by atoms with van der Waals surface area (Å²) in [5.74, 6) is -3.15. The minimum atomic E-state index is -1.61. The molecule has 1 aromatic heterocycles. The van der Waals surface area contributed by atoms with Gasteiger partial charge in [-0.2, -0.15) is 0 Å². The van der Waals surface area contributed by atoms with Crippen LogP contribution in [0.25, 0.3) is 10.9 Å². The van der Waals surface area contributed by atoms with Gasteiger partial charge in [-0.25, -0.2) is 14.0 Å². The molecule has 6 fully saturated rings. The van der Waals surface area contributed by atoms with Gasteiger partial charge in [0, 0.05) is 88.3 Å². The molecule has 0 amide bonds. The third-order valence-electron chi connectivity index (χ3n) is 19.4. The summed E-state index contributed by atoms with van der Waals surface area (Å²) >= 11 is 1.68. The Balaban J connectivity index is 0.966. The van der Waals surface area contributed by atoms with Crippen LogP contribution in [0.1, 0.15) is 145 Å². The first-order chi connectivity index (χ1) is 33.9. The molecule has 3 aromatic rings. The predicted octanol–water partition coefficient (Wildman–Crippen LogP) is 9.32. The molecule has 382 valence electrons. The number of benzene rings is 2. The molecule has 7 aliphatic rings. The van der Waals surface area contributed by atoms with Gasteiger partial charge >= 0.3 is 17.9 Å². The second-order valence-electron chi connectivity index (χ2n) is 23.1. The predicted molar refractivity (Wildman–Crippen MR) is 272 cm³/mol. The van der Waals surface area contributed by atoms with E-state index in [1.54, 1.807) is 48.2 Å². The number of aliphatic hydroxyl groups excluding tert-OH is 1. The van der Waals surface area contributed by atoms with E-state index in [1.807, 2.05) is 23.3 Å². The third kappa shape index (κ3) is 8.47. The lowest BCUT2D eigenvalue weighted by molar-refractivity contribution is -0.215. The van der Waals surface area contributed by atoms with Crippen molar-refractivity contribution in [1.29, 1.82) is 0 Å². The molecule has 7 unspecified atom stereocenters. The van der Waals surface area contributed by atoms with Crippen molar-refractivity contribution >= 4 is 52.0 Å². The zero-order valence-electron chi connectivity index (χ0n) is 42.3. The first-order valence-electron chi connectivity index (χ1n) is 26.4. The highest BCUT2D eigenvalue weighted by Crippen LogP contribution is 2.68. The first kappa shape index (κ1) is 50.0. The Kier molecular flexibility index (Phi) is 13.4. The highest BCUT2D eigenvalue weighted by atomic mass is 32.2. The van der Waals surface area contributed by atoms with E-state index in [0.717, 1.165) is 25.7 Å². The molecule has 12 atom stereocenters. The Morgan fingerprint density at radius 3 is 2.35 bits per heavy atom. The minimum Gasteiger partial charge on any atom is -0.461 e. The minimum absolute atomic E-state index is 0.0551. The zero-order valence-corrected chi connectivity index (χ0v) is 43.1. The van der Waals surface area contributed by atoms with Crippen LogP contribution in [0.3, 0.4) is 0 Å². The number of carbonyl (C=O) groups excluding carboxylic acids is 4. The maximum atomic E-state index is 16.3. The van der Waals surface area contributed by atoms with Crippen LogP contribution in [0.5, 0.6) is 0 Å². The third-order valence-corrected chi connectivity index (χ3v) is 20.7. The van der Waals surface area contributed by atoms with E-state index in [2.05, 4.69) is 39.3 Å². The topological polar surface area (TPSA) is 145 Å². The van der Waals surface area contributed by atoms with Crippen LogP contribution in [0.2, 0.25) is 0 Å². The number of hydrogen-bond acceptors (Lipinski definition) is 12. The second-order valence-corrected chi connectivity index (χ2v) is 24.4. The van der Waals surface area contributed by atoms with Gasteiger partial charge in [-0.15, -0.1) is 18.3 Å². The number of Topliss-reactive ketones (excluding diaryl/α,β-unsaturated/α-hetero) is 1. The number of esters is 3. The van der Waals surface area contributed by atoms with Gasteiger partial charge in [-0.05, 0) is 108 Å². The van der Waals surface area contributed by atoms with E-state index in [4.69, 9.17) is 14.2 Å². The molecule has 3 saturated heterocycles. The second kappa shape index (κ2) is 19.1. The molecule has 0 spiro atoms. The van der Waals surface area contributed by atoms with Crippen LogP contribution in [0.15, 0.2) is 60.0 Å². The van der Waals surface area contributed by atoms with Crippen LogP contribution in [0, 0.1) is 39.8 Å². The van der Waals surface area contributed by atoms with Crippen molar-refractivity contribution in [3.8, 4) is 0 Å². The molecule has 12 nitrogen and oxygen atoms in total. The number of carbonyl (C=O) groups is 4. The highest BCUT2D eigenvalue weighted by Gasteiger charge is 2.69. The van der Waals surface area contributed by atoms with E-state index in [9.17, 15) is 24.3 Å². The number of ketones is 1. The summed E-state index contributed by atoms with van der Waals surface area (Å²) in [6, 6.07) is 10.7. The molecule has 10 rings (SSSR count). The summed E-state index contributed by atoms with van der Waals surface area (Å²) in [7, 11) is 2.21. The number of ether oxygens (including phenoxy) is 3. The summed E-state index contributed by atoms with van der Waals surface area (Å²) in [5, 5.41) is 10.6. The molecule has 2 aromatic carbocycles. The number of aliphatic hydroxyl groups is 1. The van der Waals surface area contributed by atoms with Crippen molar-refractivity contribution in [1.82, 2.24) is 9.47 Å². The highest BCUT2D eigenvalue weighted by molar-refractivity contribution is 8.00. The fraction of sp³-hybridized carbons (Fsp3) is 0.632. The number of pyridine rings is 1. The number of halogens is 1. The van der Waals surface area contributed by atoms with Crippen molar-refractivity contribution in [2.24, 2.45) is 34.0 Å². The lowest BCUT2D eigenvalue weighted by Gasteiger charge is -2.62. The van der Waals surface area contributed by atoms with E-state index >= 15 is 9.18 Å². The largest absolute Gasteiger partial charge is 0.461 e. The van der Waals surface area contributed by atoms with Crippen LogP contribution in [-0.2, 0) is 35.0 Å². The van der Waals surface area contributed by atoms with Gasteiger partial charge in [0.05, 0.1) is 23.1 Å². The van der Waals surface area contributed by atoms with Crippen molar-refractivity contribution in [2.45, 2.75) is 166 Å². The monoisotopic (exact) mass is 993 g/mol. The smallest absolute Gasteiger partial charge is 0.352 e. The lowest BCUT2D eigenvalue weighted by atomic mass is 9.44. The fourth-order valence-corrected chi connectivity index (χ4v) is 16.2. The van der Waals surface area contributed by atoms with Gasteiger partial charge in [-0.3, -0.25) is 14.4 Å². The Morgan fingerprint density at radius 1 is 0.958 bits per heavy atom. The number of aromatic nitrogens is 1. The van der Waals surface area contributed by atoms with Crippen LogP contribution in [-0.4, -0.2) is 99.8 Å². The van der Waals surface area contributed by atoms with Gasteiger partial charge in [0.1, 0.15) is 29.4 Å². The van der Waals surface area contributed by atoms with Crippen molar-refractivity contribution < 1.29 is 42.9 Å². The fourth-order valence-electron chi connectivity index (χ4n) is 15.0. The molecule has 71 heavy (non-hydrogen) atoms. The molecule has 4 aliphatic heterocycles. The van der Waals surface area contributed by atoms with Crippen LogP contribution >= 0.6 is 11.8 Å². The number of anilines is 1. The summed E-state index contributed by atoms with van der Waals surface area (Å²) in [6.45, 7) is 15.6. The van der Waals surface area contributed by atoms with E-state index in [1.165, 1.54) is 25.1 Å². The van der Waals surface area contributed by atoms with Crippen molar-refractivity contribution in [3.63, 3.8) is 0 Å². The summed E-state index contributed by atoms with van der Waals surface area (Å²) in [6.07, 6.45) is 9.09. The quantitative estimate of drug-likeness (QED) is 0.111. The molecule has 14 heteroatoms. The summed E-state index contributed by atoms with van der Waals surface area (Å²) < 4.78 is 37.8. The van der Waals surface area contributed by atoms with Gasteiger partial charge in [0.15, 0.2) is 0 Å². The number of aryl methyl sites for hydroxylation is 1. The van der Waals surface area contributed by atoms with E-state index < -0.39 is 69.8 Å². The van der Waals surface area contributed by atoms with Crippen LogP contribution in [0.4, 0.5) is 10.1 Å². The molecule has 0 radical (unpaired) electrons. The number of thioether (sulfide) groups is 1. The van der Waals surface area contributed by atoms with Gasteiger partial charge in [0.25, 0.3) is 0 Å². The number of piperidine rings is 2. The Hall–Kier alpha value is -4.53. The molecule has 4 bridgehead atoms. The van der Waals surface area contributed by atoms with E-state index in [0.29, 0.717) is 91.3 Å². The lowest BCUT2D eigenvalue weighted by Crippen LogP contribution is -2.63. The first-order valence-corrected chi connectivity index (χ1v) is 27.4. The summed E-state index contributed by atoms with van der Waals surface area (Å²) in [5.41, 5.74) is -1.26. The maximum Gasteiger partial charge on any atom is 0.352 e. The van der Waals surface area contributed by atoms with Gasteiger partial charge < -0.3 is 33.7 Å². The SMILES string of the molecule is C=C[C@@]1(C)C[C@H](OC(=O)CSC2CC3CCC(C2)N3C)[C@@]2(C)C(C)CCC3(CCC(=O)C32)[C@H](C)[C@@H]1OC(=O)C(OC(=O)c1cn2c3c(c(N4CCC(O)CC4)c(F)cc3c1=O)CCC2C)c1ccccc1. The average molecular weight is 994 g/mol. The van der Waals surface area contributed by atoms with Crippen LogP contribution < -0.4 is 10.3 Å².